The molecule has 0 fully saturated rings. The van der Waals surface area contributed by atoms with Crippen LogP contribution in [0.15, 0.2) is 12.1 Å². The molecule has 1 aliphatic carbocycles. The average Bonchev–Trinajstić information content (AvgIpc) is 3.19. The number of hydrogen-bond donors (Lipinski definition) is 1. The van der Waals surface area contributed by atoms with E-state index >= 15 is 0 Å². The van der Waals surface area contributed by atoms with E-state index in [1.54, 1.807) is 23.5 Å². The number of esters is 1. The van der Waals surface area contributed by atoms with Gasteiger partial charge in [-0.15, -0.1) is 22.7 Å². The molecule has 0 radical (unpaired) electrons. The Morgan fingerprint density at radius 2 is 2.13 bits per heavy atom. The molecule has 122 valence electrons. The Hall–Kier alpha value is -1.73. The van der Waals surface area contributed by atoms with Gasteiger partial charge in [0, 0.05) is 4.88 Å². The molecule has 1 atom stereocenters. The predicted molar refractivity (Wildman–Crippen MR) is 91.5 cm³/mol. The monoisotopic (exact) mass is 350 g/mol. The topological polar surface area (TPSA) is 68.3 Å². The van der Waals surface area contributed by atoms with E-state index in [-0.39, 0.29) is 5.91 Å². The van der Waals surface area contributed by atoms with E-state index in [1.165, 1.54) is 24.8 Å². The maximum absolute atomic E-state index is 12.3. The molecule has 0 spiro atoms. The summed E-state index contributed by atoms with van der Waals surface area (Å²) in [6.45, 7) is 2.22. The highest BCUT2D eigenvalue weighted by Crippen LogP contribution is 2.33. The van der Waals surface area contributed by atoms with Gasteiger partial charge >= 0.3 is 5.97 Å². The lowest BCUT2D eigenvalue weighted by atomic mass is 9.89. The molecule has 5 nitrogen and oxygen atoms in total. The highest BCUT2D eigenvalue weighted by molar-refractivity contribution is 7.17. The van der Waals surface area contributed by atoms with Gasteiger partial charge in [-0.05, 0) is 37.3 Å². The van der Waals surface area contributed by atoms with Crippen molar-refractivity contribution in [2.45, 2.75) is 32.6 Å². The van der Waals surface area contributed by atoms with Crippen molar-refractivity contribution in [3.8, 4) is 0 Å². The Morgan fingerprint density at radius 3 is 2.87 bits per heavy atom. The van der Waals surface area contributed by atoms with Crippen LogP contribution in [-0.4, -0.2) is 24.0 Å². The molecule has 3 rings (SSSR count). The Kier molecular flexibility index (Phi) is 4.77. The Labute approximate surface area is 142 Å². The fourth-order valence-corrected chi connectivity index (χ4v) is 4.61. The first kappa shape index (κ1) is 16.1. The van der Waals surface area contributed by atoms with Crippen LogP contribution in [-0.2, 0) is 17.6 Å². The van der Waals surface area contributed by atoms with Crippen molar-refractivity contribution < 1.29 is 14.3 Å². The molecule has 23 heavy (non-hydrogen) atoms. The second kappa shape index (κ2) is 6.80. The summed E-state index contributed by atoms with van der Waals surface area (Å²) < 4.78 is 4.65. The zero-order chi connectivity index (χ0) is 16.4. The molecule has 1 amide bonds. The summed E-state index contributed by atoms with van der Waals surface area (Å²) in [6, 6.07) is 3.23. The van der Waals surface area contributed by atoms with E-state index < -0.39 is 5.97 Å². The molecular formula is C16H18N2O3S2. The summed E-state index contributed by atoms with van der Waals surface area (Å²) in [5.41, 5.74) is 1.12. The molecule has 1 N–H and O–H groups in total. The van der Waals surface area contributed by atoms with Crippen LogP contribution >= 0.6 is 22.7 Å². The lowest BCUT2D eigenvalue weighted by molar-refractivity contribution is 0.0606. The zero-order valence-corrected chi connectivity index (χ0v) is 14.7. The summed E-state index contributed by atoms with van der Waals surface area (Å²) in [7, 11) is 1.32. The van der Waals surface area contributed by atoms with E-state index in [1.807, 2.05) is 0 Å². The first-order valence-electron chi connectivity index (χ1n) is 7.58. The van der Waals surface area contributed by atoms with Crippen LogP contribution in [0.2, 0.25) is 0 Å². The lowest BCUT2D eigenvalue weighted by Gasteiger charge is -2.18. The number of ether oxygens (including phenoxy) is 1. The van der Waals surface area contributed by atoms with Crippen molar-refractivity contribution in [3.05, 3.63) is 32.5 Å². The third kappa shape index (κ3) is 3.45. The fourth-order valence-electron chi connectivity index (χ4n) is 2.67. The number of aromatic nitrogens is 1. The van der Waals surface area contributed by atoms with Crippen molar-refractivity contribution >= 4 is 39.7 Å². The van der Waals surface area contributed by atoms with Gasteiger partial charge in [0.15, 0.2) is 5.13 Å². The van der Waals surface area contributed by atoms with Crippen molar-refractivity contribution in [2.24, 2.45) is 5.92 Å². The van der Waals surface area contributed by atoms with Crippen LogP contribution in [0.5, 0.6) is 0 Å². The molecule has 1 unspecified atom stereocenters. The molecular weight excluding hydrogens is 332 g/mol. The van der Waals surface area contributed by atoms with E-state index in [0.717, 1.165) is 35.8 Å². The largest absolute Gasteiger partial charge is 0.465 e. The number of fused-ring (bicyclic) bond motifs is 1. The number of hydrogen-bond acceptors (Lipinski definition) is 6. The van der Waals surface area contributed by atoms with Gasteiger partial charge in [0.25, 0.3) is 5.91 Å². The third-order valence-corrected chi connectivity index (χ3v) is 6.16. The number of nitrogens with one attached hydrogen (secondary N) is 1. The fraction of sp³-hybridized carbons (Fsp3) is 0.438. The molecule has 0 saturated heterocycles. The molecule has 2 heterocycles. The van der Waals surface area contributed by atoms with Crippen LogP contribution < -0.4 is 5.32 Å². The zero-order valence-electron chi connectivity index (χ0n) is 13.0. The standard InChI is InChI=1S/C16H18N2O3S2/c1-3-9-4-5-10-13(8-9)23-16(17-10)18-14(19)11-6-7-12(22-11)15(20)21-2/h6-7,9H,3-5,8H2,1-2H3,(H,17,18,19). The molecule has 0 aromatic carbocycles. The smallest absolute Gasteiger partial charge is 0.348 e. The minimum absolute atomic E-state index is 0.233. The van der Waals surface area contributed by atoms with Crippen LogP contribution in [0.3, 0.4) is 0 Å². The molecule has 0 bridgehead atoms. The van der Waals surface area contributed by atoms with E-state index in [0.29, 0.717) is 14.9 Å². The first-order chi connectivity index (χ1) is 11.1. The second-order valence-electron chi connectivity index (χ2n) is 5.52. The Morgan fingerprint density at radius 1 is 1.35 bits per heavy atom. The number of thiophene rings is 1. The van der Waals surface area contributed by atoms with E-state index in [9.17, 15) is 9.59 Å². The summed E-state index contributed by atoms with van der Waals surface area (Å²) in [5.74, 6) is 0.0686. The average molecular weight is 350 g/mol. The normalized spacial score (nSPS) is 16.7. The van der Waals surface area contributed by atoms with Crippen LogP contribution in [0, 0.1) is 5.92 Å². The molecule has 1 aliphatic rings. The van der Waals surface area contributed by atoms with Gasteiger partial charge in [0.1, 0.15) is 4.88 Å². The number of anilines is 1. The van der Waals surface area contributed by atoms with E-state index in [2.05, 4.69) is 22.0 Å². The van der Waals surface area contributed by atoms with Crippen molar-refractivity contribution in [2.75, 3.05) is 12.4 Å². The summed E-state index contributed by atoms with van der Waals surface area (Å²) >= 11 is 2.69. The molecule has 7 heteroatoms. The molecule has 2 aromatic heterocycles. The molecule has 0 saturated carbocycles. The van der Waals surface area contributed by atoms with Gasteiger partial charge in [0.05, 0.1) is 17.7 Å². The number of nitrogens with zero attached hydrogens (tertiary/aromatic N) is 1. The maximum atomic E-state index is 12.3. The van der Waals surface area contributed by atoms with Gasteiger partial charge in [-0.3, -0.25) is 10.1 Å². The van der Waals surface area contributed by atoms with Gasteiger partial charge in [0.2, 0.25) is 0 Å². The number of aryl methyl sites for hydroxylation is 1. The highest BCUT2D eigenvalue weighted by atomic mass is 32.1. The quantitative estimate of drug-likeness (QED) is 0.853. The third-order valence-electron chi connectivity index (χ3n) is 4.06. The van der Waals surface area contributed by atoms with Crippen LogP contribution in [0.25, 0.3) is 0 Å². The van der Waals surface area contributed by atoms with Crippen molar-refractivity contribution in [1.82, 2.24) is 4.98 Å². The lowest BCUT2D eigenvalue weighted by Crippen LogP contribution is -2.12. The van der Waals surface area contributed by atoms with Gasteiger partial charge < -0.3 is 4.74 Å². The number of carbonyl (C=O) groups is 2. The SMILES string of the molecule is CCC1CCc2nc(NC(=O)c3ccc(C(=O)OC)s3)sc2C1. The highest BCUT2D eigenvalue weighted by Gasteiger charge is 2.22. The number of thiazole rings is 1. The summed E-state index contributed by atoms with van der Waals surface area (Å²) in [6.07, 6.45) is 4.41. The summed E-state index contributed by atoms with van der Waals surface area (Å²) in [4.78, 5) is 30.5. The molecule has 2 aromatic rings. The van der Waals surface area contributed by atoms with Gasteiger partial charge in [-0.2, -0.15) is 0 Å². The second-order valence-corrected chi connectivity index (χ2v) is 7.68. The van der Waals surface area contributed by atoms with Gasteiger partial charge in [-0.25, -0.2) is 9.78 Å². The van der Waals surface area contributed by atoms with E-state index in [4.69, 9.17) is 0 Å². The number of carbonyl (C=O) groups excluding carboxylic acids is 2. The predicted octanol–water partition coefficient (Wildman–Crippen LogP) is 3.76. The van der Waals surface area contributed by atoms with Crippen molar-refractivity contribution in [1.29, 1.82) is 0 Å². The number of amides is 1. The minimum Gasteiger partial charge on any atom is -0.465 e. The van der Waals surface area contributed by atoms with Gasteiger partial charge in [-0.1, -0.05) is 13.3 Å². The maximum Gasteiger partial charge on any atom is 0.348 e. The van der Waals surface area contributed by atoms with Crippen LogP contribution in [0.4, 0.5) is 5.13 Å². The first-order valence-corrected chi connectivity index (χ1v) is 9.22. The van der Waals surface area contributed by atoms with Crippen LogP contribution in [0.1, 0.15) is 49.7 Å². The Bertz CT molecular complexity index is 736. The Balaban J connectivity index is 1.70. The number of methoxy groups -OCH3 is 1. The minimum atomic E-state index is -0.427. The summed E-state index contributed by atoms with van der Waals surface area (Å²) in [5, 5.41) is 3.49. The molecule has 0 aliphatic heterocycles. The number of rotatable bonds is 4. The van der Waals surface area contributed by atoms with Crippen molar-refractivity contribution in [3.63, 3.8) is 0 Å².